The Bertz CT molecular complexity index is 1650. The Morgan fingerprint density at radius 2 is 1.71 bits per heavy atom. The molecule has 14 heteroatoms. The highest BCUT2D eigenvalue weighted by molar-refractivity contribution is 8.18. The van der Waals surface area contributed by atoms with Crippen molar-refractivity contribution in [1.29, 1.82) is 0 Å². The molecule has 1 aliphatic heterocycles. The lowest BCUT2D eigenvalue weighted by Crippen LogP contribution is -2.36. The fourth-order valence-electron chi connectivity index (χ4n) is 4.01. The lowest BCUT2D eigenvalue weighted by molar-refractivity contribution is -0.394. The summed E-state index contributed by atoms with van der Waals surface area (Å²) in [5.41, 5.74) is 1.84. The number of nitro groups is 2. The zero-order chi connectivity index (χ0) is 30.6. The number of anilines is 1. The first kappa shape index (κ1) is 29.7. The van der Waals surface area contributed by atoms with Gasteiger partial charge in [-0.05, 0) is 74.0 Å². The lowest BCUT2D eigenvalue weighted by atomic mass is 10.1. The number of hydrogen-bond donors (Lipinski definition) is 1. The molecule has 42 heavy (non-hydrogen) atoms. The SMILES string of the molecule is CCOc1cc(/C=C2/SC(=O)N(CC(=O)Nc3ccc(C)cc3C)C2=O)ccc1Oc1ccc([N+](=O)[O-])cc1[N+](=O)[O-]. The smallest absolute Gasteiger partial charge is 0.318 e. The van der Waals surface area contributed by atoms with Gasteiger partial charge >= 0.3 is 5.69 Å². The number of thioether (sulfide) groups is 1. The molecule has 1 heterocycles. The molecule has 3 amide bonds. The van der Waals surface area contributed by atoms with Gasteiger partial charge in [-0.2, -0.15) is 0 Å². The Morgan fingerprint density at radius 3 is 2.38 bits per heavy atom. The Labute approximate surface area is 243 Å². The van der Waals surface area contributed by atoms with Gasteiger partial charge in [0.1, 0.15) is 6.54 Å². The summed E-state index contributed by atoms with van der Waals surface area (Å²) in [5.74, 6) is -1.14. The van der Waals surface area contributed by atoms with Gasteiger partial charge in [-0.15, -0.1) is 0 Å². The van der Waals surface area contributed by atoms with E-state index in [9.17, 15) is 34.6 Å². The topological polar surface area (TPSA) is 171 Å². The maximum atomic E-state index is 13.0. The minimum absolute atomic E-state index is 0.0847. The number of non-ortho nitro benzene ring substituents is 1. The van der Waals surface area contributed by atoms with Crippen molar-refractivity contribution in [2.45, 2.75) is 20.8 Å². The Balaban J connectivity index is 1.53. The Hall–Kier alpha value is -5.24. The number of nitrogens with one attached hydrogen (secondary N) is 1. The first-order valence-corrected chi connectivity index (χ1v) is 13.3. The van der Waals surface area contributed by atoms with E-state index < -0.39 is 44.8 Å². The fourth-order valence-corrected chi connectivity index (χ4v) is 4.85. The Morgan fingerprint density at radius 1 is 0.976 bits per heavy atom. The molecule has 1 fully saturated rings. The van der Waals surface area contributed by atoms with Crippen LogP contribution in [0.25, 0.3) is 6.08 Å². The number of aryl methyl sites for hydroxylation is 2. The second-order valence-corrected chi connectivity index (χ2v) is 10.0. The molecule has 4 rings (SSSR count). The van der Waals surface area contributed by atoms with Crippen molar-refractivity contribution in [3.05, 3.63) is 96.4 Å². The predicted molar refractivity (Wildman–Crippen MR) is 155 cm³/mol. The standard InChI is InChI=1S/C28H24N4O9S/c1-4-40-24-12-18(6-9-23(24)41-22-10-7-19(31(36)37)14-21(22)32(38)39)13-25-27(34)30(28(35)42-25)15-26(33)29-20-8-5-16(2)11-17(20)3/h5-14H,4,15H2,1-3H3,(H,29,33)/b25-13+. The van der Waals surface area contributed by atoms with Crippen molar-refractivity contribution in [3.8, 4) is 17.2 Å². The van der Waals surface area contributed by atoms with E-state index in [4.69, 9.17) is 9.47 Å². The molecule has 0 aromatic heterocycles. The van der Waals surface area contributed by atoms with Crippen LogP contribution < -0.4 is 14.8 Å². The van der Waals surface area contributed by atoms with Gasteiger partial charge in [0.2, 0.25) is 11.7 Å². The molecule has 0 spiro atoms. The molecule has 0 radical (unpaired) electrons. The fraction of sp³-hybridized carbons (Fsp3) is 0.179. The van der Waals surface area contributed by atoms with Gasteiger partial charge in [0.25, 0.3) is 16.8 Å². The number of imide groups is 1. The van der Waals surface area contributed by atoms with Crippen LogP contribution in [0, 0.1) is 34.1 Å². The summed E-state index contributed by atoms with van der Waals surface area (Å²) in [5, 5.41) is 24.6. The number of nitro benzene ring substituents is 2. The molecule has 3 aromatic rings. The highest BCUT2D eigenvalue weighted by Crippen LogP contribution is 2.39. The molecule has 0 unspecified atom stereocenters. The van der Waals surface area contributed by atoms with Crippen molar-refractivity contribution < 1.29 is 33.7 Å². The van der Waals surface area contributed by atoms with E-state index in [1.807, 2.05) is 26.0 Å². The number of nitrogens with zero attached hydrogens (tertiary/aromatic N) is 3. The highest BCUT2D eigenvalue weighted by atomic mass is 32.2. The summed E-state index contributed by atoms with van der Waals surface area (Å²) in [6, 6.07) is 13.0. The van der Waals surface area contributed by atoms with Crippen molar-refractivity contribution in [2.24, 2.45) is 0 Å². The molecule has 0 bridgehead atoms. The lowest BCUT2D eigenvalue weighted by Gasteiger charge is -2.14. The summed E-state index contributed by atoms with van der Waals surface area (Å²) in [7, 11) is 0. The van der Waals surface area contributed by atoms with Crippen LogP contribution in [0.1, 0.15) is 23.6 Å². The van der Waals surface area contributed by atoms with E-state index in [1.54, 1.807) is 13.0 Å². The van der Waals surface area contributed by atoms with Gasteiger partial charge in [-0.1, -0.05) is 23.8 Å². The van der Waals surface area contributed by atoms with Gasteiger partial charge in [-0.25, -0.2) is 0 Å². The van der Waals surface area contributed by atoms with Crippen LogP contribution >= 0.6 is 11.8 Å². The van der Waals surface area contributed by atoms with Gasteiger partial charge in [0, 0.05) is 11.8 Å². The first-order chi connectivity index (χ1) is 20.0. The molecule has 0 atom stereocenters. The van der Waals surface area contributed by atoms with Gasteiger partial charge in [-0.3, -0.25) is 39.5 Å². The summed E-state index contributed by atoms with van der Waals surface area (Å²) in [4.78, 5) is 60.0. The molecule has 1 N–H and O–H groups in total. The molecule has 216 valence electrons. The van der Waals surface area contributed by atoms with E-state index in [0.717, 1.165) is 34.2 Å². The average molecular weight is 593 g/mol. The second-order valence-electron chi connectivity index (χ2n) is 9.04. The Kier molecular flexibility index (Phi) is 8.86. The van der Waals surface area contributed by atoms with Gasteiger partial charge < -0.3 is 14.8 Å². The average Bonchev–Trinajstić information content (AvgIpc) is 3.19. The van der Waals surface area contributed by atoms with E-state index in [0.29, 0.717) is 23.0 Å². The number of amides is 3. The van der Waals surface area contributed by atoms with Crippen LogP contribution in [0.5, 0.6) is 17.2 Å². The first-order valence-electron chi connectivity index (χ1n) is 12.5. The molecule has 1 aliphatic rings. The van der Waals surface area contributed by atoms with Crippen LogP contribution in [0.15, 0.2) is 59.5 Å². The minimum atomic E-state index is -0.796. The third-order valence-corrected chi connectivity index (χ3v) is 6.87. The molecular weight excluding hydrogens is 568 g/mol. The quantitative estimate of drug-likeness (QED) is 0.168. The third kappa shape index (κ3) is 6.72. The van der Waals surface area contributed by atoms with Gasteiger partial charge in [0.15, 0.2) is 11.5 Å². The maximum absolute atomic E-state index is 13.0. The van der Waals surface area contributed by atoms with Crippen LogP contribution in [-0.4, -0.2) is 45.0 Å². The van der Waals surface area contributed by atoms with Crippen LogP contribution in [0.3, 0.4) is 0 Å². The highest BCUT2D eigenvalue weighted by Gasteiger charge is 2.36. The molecule has 3 aromatic carbocycles. The number of carbonyl (C=O) groups excluding carboxylic acids is 3. The van der Waals surface area contributed by atoms with Crippen LogP contribution in [0.2, 0.25) is 0 Å². The number of rotatable bonds is 10. The second kappa shape index (κ2) is 12.5. The molecule has 0 aliphatic carbocycles. The summed E-state index contributed by atoms with van der Waals surface area (Å²) in [6.07, 6.45) is 1.45. The molecule has 13 nitrogen and oxygen atoms in total. The van der Waals surface area contributed by atoms with Crippen molar-refractivity contribution in [3.63, 3.8) is 0 Å². The van der Waals surface area contributed by atoms with Crippen LogP contribution in [-0.2, 0) is 9.59 Å². The van der Waals surface area contributed by atoms with E-state index in [-0.39, 0.29) is 28.8 Å². The zero-order valence-electron chi connectivity index (χ0n) is 22.6. The molecular formula is C28H24N4O9S. The summed E-state index contributed by atoms with van der Waals surface area (Å²) >= 11 is 0.681. The van der Waals surface area contributed by atoms with Crippen molar-refractivity contribution in [2.75, 3.05) is 18.5 Å². The summed E-state index contributed by atoms with van der Waals surface area (Å²) in [6.45, 7) is 5.22. The normalized spacial score (nSPS) is 13.8. The van der Waals surface area contributed by atoms with Crippen molar-refractivity contribution >= 4 is 52.0 Å². The van der Waals surface area contributed by atoms with E-state index >= 15 is 0 Å². The minimum Gasteiger partial charge on any atom is -0.490 e. The van der Waals surface area contributed by atoms with Crippen molar-refractivity contribution in [1.82, 2.24) is 4.90 Å². The van der Waals surface area contributed by atoms with Crippen LogP contribution in [0.4, 0.5) is 21.9 Å². The van der Waals surface area contributed by atoms with E-state index in [2.05, 4.69) is 5.32 Å². The monoisotopic (exact) mass is 592 g/mol. The maximum Gasteiger partial charge on any atom is 0.318 e. The third-order valence-electron chi connectivity index (χ3n) is 5.97. The number of hydrogen-bond acceptors (Lipinski definition) is 10. The molecule has 1 saturated heterocycles. The van der Waals surface area contributed by atoms with E-state index in [1.165, 1.54) is 24.3 Å². The predicted octanol–water partition coefficient (Wildman–Crippen LogP) is 5.99. The summed E-state index contributed by atoms with van der Waals surface area (Å²) < 4.78 is 11.3. The zero-order valence-corrected chi connectivity index (χ0v) is 23.4. The largest absolute Gasteiger partial charge is 0.490 e. The van der Waals surface area contributed by atoms with Gasteiger partial charge in [0.05, 0.1) is 27.4 Å². The molecule has 0 saturated carbocycles. The number of benzene rings is 3. The number of carbonyl (C=O) groups is 3. The number of ether oxygens (including phenoxy) is 2.